The van der Waals surface area contributed by atoms with Gasteiger partial charge in [0.1, 0.15) is 11.6 Å². The zero-order valence-electron chi connectivity index (χ0n) is 16.3. The molecule has 1 unspecified atom stereocenters. The van der Waals surface area contributed by atoms with Crippen LogP contribution in [0, 0.1) is 18.7 Å². The number of piperidine rings is 1. The molecule has 1 saturated heterocycles. The van der Waals surface area contributed by atoms with Crippen LogP contribution in [0.1, 0.15) is 25.0 Å². The number of pyridine rings is 1. The minimum absolute atomic E-state index is 0.0551. The molecule has 2 amide bonds. The first-order chi connectivity index (χ1) is 13.9. The molecule has 1 atom stereocenters. The number of hydrogen-bond donors (Lipinski definition) is 2. The summed E-state index contributed by atoms with van der Waals surface area (Å²) in [7, 11) is 0. The van der Waals surface area contributed by atoms with Crippen LogP contribution >= 0.6 is 11.6 Å². The summed E-state index contributed by atoms with van der Waals surface area (Å²) < 4.78 is 13.8. The summed E-state index contributed by atoms with van der Waals surface area (Å²) in [5, 5.41) is 5.71. The van der Waals surface area contributed by atoms with E-state index in [0.29, 0.717) is 18.9 Å². The number of carbonyl (C=O) groups is 2. The van der Waals surface area contributed by atoms with E-state index in [1.165, 1.54) is 12.1 Å². The van der Waals surface area contributed by atoms with Gasteiger partial charge in [-0.3, -0.25) is 9.59 Å². The Balaban J connectivity index is 1.47. The van der Waals surface area contributed by atoms with Crippen LogP contribution in [-0.4, -0.2) is 41.3 Å². The van der Waals surface area contributed by atoms with Gasteiger partial charge in [0.2, 0.25) is 11.8 Å². The number of likely N-dealkylation sites (tertiary alicyclic amines) is 1. The van der Waals surface area contributed by atoms with Gasteiger partial charge in [0.15, 0.2) is 0 Å². The van der Waals surface area contributed by atoms with Crippen LogP contribution in [0.4, 0.5) is 15.9 Å². The Labute approximate surface area is 174 Å². The van der Waals surface area contributed by atoms with E-state index < -0.39 is 5.82 Å². The number of halogens is 2. The summed E-state index contributed by atoms with van der Waals surface area (Å²) in [6, 6.07) is 9.62. The quantitative estimate of drug-likeness (QED) is 0.747. The molecule has 6 nitrogen and oxygen atoms in total. The van der Waals surface area contributed by atoms with Crippen LogP contribution in [-0.2, 0) is 9.59 Å². The molecule has 1 aromatic heterocycles. The predicted molar refractivity (Wildman–Crippen MR) is 111 cm³/mol. The average molecular weight is 419 g/mol. The lowest BCUT2D eigenvalue weighted by atomic mass is 9.97. The SMILES string of the molecule is Cc1cccc(NC(=O)C2CCCN(CCC(=O)Nc3ccc(Cl)cc3F)C2)n1. The minimum atomic E-state index is -0.565. The number of benzene rings is 1. The smallest absolute Gasteiger partial charge is 0.229 e. The van der Waals surface area contributed by atoms with E-state index in [0.717, 1.165) is 31.1 Å². The monoisotopic (exact) mass is 418 g/mol. The van der Waals surface area contributed by atoms with Crippen LogP contribution in [0.15, 0.2) is 36.4 Å². The maximum Gasteiger partial charge on any atom is 0.229 e. The molecule has 1 aliphatic rings. The number of nitrogens with zero attached hydrogens (tertiary/aromatic N) is 2. The molecule has 2 N–H and O–H groups in total. The average Bonchev–Trinajstić information content (AvgIpc) is 2.69. The Kier molecular flexibility index (Phi) is 7.17. The maximum absolute atomic E-state index is 13.8. The number of amides is 2. The lowest BCUT2D eigenvalue weighted by molar-refractivity contribution is -0.121. The Morgan fingerprint density at radius 1 is 1.28 bits per heavy atom. The lowest BCUT2D eigenvalue weighted by Crippen LogP contribution is -2.41. The minimum Gasteiger partial charge on any atom is -0.324 e. The highest BCUT2D eigenvalue weighted by molar-refractivity contribution is 6.30. The molecule has 0 spiro atoms. The number of aromatic nitrogens is 1. The van der Waals surface area contributed by atoms with Gasteiger partial charge in [-0.05, 0) is 56.6 Å². The molecule has 0 bridgehead atoms. The molecule has 0 saturated carbocycles. The van der Waals surface area contributed by atoms with Crippen molar-refractivity contribution in [1.82, 2.24) is 9.88 Å². The zero-order chi connectivity index (χ0) is 20.8. The van der Waals surface area contributed by atoms with Crippen molar-refractivity contribution in [2.75, 3.05) is 30.3 Å². The van der Waals surface area contributed by atoms with Crippen LogP contribution in [0.5, 0.6) is 0 Å². The van der Waals surface area contributed by atoms with Crippen molar-refractivity contribution in [2.24, 2.45) is 5.92 Å². The van der Waals surface area contributed by atoms with Crippen LogP contribution in [0.3, 0.4) is 0 Å². The van der Waals surface area contributed by atoms with E-state index in [1.807, 2.05) is 19.1 Å². The van der Waals surface area contributed by atoms with Crippen molar-refractivity contribution in [3.05, 3.63) is 52.9 Å². The van der Waals surface area contributed by atoms with Gasteiger partial charge in [-0.15, -0.1) is 0 Å². The third-order valence-corrected chi connectivity index (χ3v) is 5.11. The number of anilines is 2. The molecular weight excluding hydrogens is 395 g/mol. The van der Waals surface area contributed by atoms with E-state index in [4.69, 9.17) is 11.6 Å². The number of rotatable bonds is 6. The Morgan fingerprint density at radius 2 is 2.10 bits per heavy atom. The van der Waals surface area contributed by atoms with E-state index >= 15 is 0 Å². The predicted octanol–water partition coefficient (Wildman–Crippen LogP) is 3.86. The maximum atomic E-state index is 13.8. The lowest BCUT2D eigenvalue weighted by Gasteiger charge is -2.31. The Morgan fingerprint density at radius 3 is 2.86 bits per heavy atom. The largest absolute Gasteiger partial charge is 0.324 e. The third kappa shape index (κ3) is 6.24. The number of carbonyl (C=O) groups excluding carboxylic acids is 2. The second-order valence-corrected chi connectivity index (χ2v) is 7.65. The molecule has 0 radical (unpaired) electrons. The molecule has 2 heterocycles. The van der Waals surface area contributed by atoms with E-state index in [9.17, 15) is 14.0 Å². The van der Waals surface area contributed by atoms with Crippen molar-refractivity contribution in [2.45, 2.75) is 26.2 Å². The molecular formula is C21H24ClFN4O2. The molecule has 29 heavy (non-hydrogen) atoms. The van der Waals surface area contributed by atoms with Gasteiger partial charge in [-0.25, -0.2) is 9.37 Å². The van der Waals surface area contributed by atoms with E-state index in [1.54, 1.807) is 6.07 Å². The number of hydrogen-bond acceptors (Lipinski definition) is 4. The van der Waals surface area contributed by atoms with Crippen molar-refractivity contribution < 1.29 is 14.0 Å². The van der Waals surface area contributed by atoms with E-state index in [-0.39, 0.29) is 34.9 Å². The molecule has 1 aromatic carbocycles. The summed E-state index contributed by atoms with van der Waals surface area (Å²) in [5.41, 5.74) is 0.956. The number of aryl methyl sites for hydroxylation is 1. The highest BCUT2D eigenvalue weighted by Gasteiger charge is 2.26. The molecule has 0 aliphatic carbocycles. The van der Waals surface area contributed by atoms with Gasteiger partial charge >= 0.3 is 0 Å². The van der Waals surface area contributed by atoms with Crippen molar-refractivity contribution >= 4 is 34.9 Å². The molecule has 3 rings (SSSR count). The second-order valence-electron chi connectivity index (χ2n) is 7.22. The first-order valence-corrected chi connectivity index (χ1v) is 10.0. The molecule has 1 fully saturated rings. The van der Waals surface area contributed by atoms with Crippen LogP contribution < -0.4 is 10.6 Å². The summed E-state index contributed by atoms with van der Waals surface area (Å²) >= 11 is 5.72. The summed E-state index contributed by atoms with van der Waals surface area (Å²) in [6.07, 6.45) is 1.90. The fourth-order valence-electron chi connectivity index (χ4n) is 3.38. The van der Waals surface area contributed by atoms with Gasteiger partial charge in [-0.1, -0.05) is 17.7 Å². The van der Waals surface area contributed by atoms with Crippen molar-refractivity contribution in [3.63, 3.8) is 0 Å². The van der Waals surface area contributed by atoms with Gasteiger partial charge in [0.25, 0.3) is 0 Å². The number of nitrogens with one attached hydrogen (secondary N) is 2. The topological polar surface area (TPSA) is 74.3 Å². The Hall–Kier alpha value is -2.51. The van der Waals surface area contributed by atoms with Gasteiger partial charge in [-0.2, -0.15) is 0 Å². The fraction of sp³-hybridized carbons (Fsp3) is 0.381. The highest BCUT2D eigenvalue weighted by Crippen LogP contribution is 2.20. The zero-order valence-corrected chi connectivity index (χ0v) is 17.0. The Bertz CT molecular complexity index is 893. The first-order valence-electron chi connectivity index (χ1n) is 9.62. The first kappa shape index (κ1) is 21.2. The van der Waals surface area contributed by atoms with E-state index in [2.05, 4.69) is 20.5 Å². The fourth-order valence-corrected chi connectivity index (χ4v) is 3.54. The molecule has 154 valence electrons. The summed E-state index contributed by atoms with van der Waals surface area (Å²) in [6.45, 7) is 3.79. The second kappa shape index (κ2) is 9.80. The van der Waals surface area contributed by atoms with Gasteiger partial charge < -0.3 is 15.5 Å². The van der Waals surface area contributed by atoms with Gasteiger partial charge in [0.05, 0.1) is 11.6 Å². The van der Waals surface area contributed by atoms with Crippen molar-refractivity contribution in [3.8, 4) is 0 Å². The van der Waals surface area contributed by atoms with Crippen LogP contribution in [0.2, 0.25) is 5.02 Å². The highest BCUT2D eigenvalue weighted by atomic mass is 35.5. The van der Waals surface area contributed by atoms with Crippen molar-refractivity contribution in [1.29, 1.82) is 0 Å². The normalized spacial score (nSPS) is 17.0. The summed E-state index contributed by atoms with van der Waals surface area (Å²) in [4.78, 5) is 31.1. The molecule has 8 heteroatoms. The standard InChI is InChI=1S/C21H24ClFN4O2/c1-14-4-2-6-19(24-14)26-21(29)15-5-3-10-27(13-15)11-9-20(28)25-18-8-7-16(22)12-17(18)23/h2,4,6-8,12,15H,3,5,9-11,13H2,1H3,(H,25,28)(H,24,26,29). The summed E-state index contributed by atoms with van der Waals surface area (Å²) in [5.74, 6) is -0.494. The molecule has 2 aromatic rings. The van der Waals surface area contributed by atoms with Gasteiger partial charge in [0, 0.05) is 30.2 Å². The molecule has 1 aliphatic heterocycles. The van der Waals surface area contributed by atoms with Crippen LogP contribution in [0.25, 0.3) is 0 Å². The third-order valence-electron chi connectivity index (χ3n) is 4.88.